The van der Waals surface area contributed by atoms with Crippen LogP contribution in [0.2, 0.25) is 0 Å². The highest BCUT2D eigenvalue weighted by Gasteiger charge is 2.28. The fourth-order valence-corrected chi connectivity index (χ4v) is 1.78. The first kappa shape index (κ1) is 15.4. The Bertz CT molecular complexity index is 598. The van der Waals surface area contributed by atoms with E-state index >= 15 is 0 Å². The average molecular weight is 300 g/mol. The van der Waals surface area contributed by atoms with E-state index in [1.54, 1.807) is 0 Å². The summed E-state index contributed by atoms with van der Waals surface area (Å²) in [4.78, 5) is 10.3. The van der Waals surface area contributed by atoms with Crippen LogP contribution in [-0.2, 0) is 10.0 Å². The van der Waals surface area contributed by atoms with Crippen LogP contribution in [0.15, 0.2) is 23.1 Å². The number of nitrogens with two attached hydrogens (primary N) is 1. The third kappa shape index (κ3) is 4.48. The lowest BCUT2D eigenvalue weighted by molar-refractivity contribution is -0.123. The first-order chi connectivity index (χ1) is 8.50. The van der Waals surface area contributed by atoms with Crippen LogP contribution in [-0.4, -0.2) is 27.0 Å². The molecule has 3 N–H and O–H groups in total. The molecule has 0 aromatic heterocycles. The molecule has 0 fully saturated rings. The van der Waals surface area contributed by atoms with E-state index in [9.17, 15) is 30.8 Å². The molecule has 19 heavy (non-hydrogen) atoms. The second-order valence-corrected chi connectivity index (χ2v) is 5.02. The van der Waals surface area contributed by atoms with Crippen molar-refractivity contribution in [2.24, 2.45) is 5.14 Å². The number of alkyl halides is 3. The van der Waals surface area contributed by atoms with Gasteiger partial charge in [-0.15, -0.1) is 0 Å². The van der Waals surface area contributed by atoms with Crippen LogP contribution in [0.3, 0.4) is 0 Å². The Hall–Kier alpha value is -1.68. The van der Waals surface area contributed by atoms with Gasteiger partial charge in [0, 0.05) is 5.56 Å². The highest BCUT2D eigenvalue weighted by Crippen LogP contribution is 2.16. The fraction of sp³-hybridized carbons (Fsp3) is 0.222. The number of rotatable bonds is 3. The summed E-state index contributed by atoms with van der Waals surface area (Å²) in [5.74, 6) is -2.39. The Morgan fingerprint density at radius 3 is 2.37 bits per heavy atom. The van der Waals surface area contributed by atoms with Crippen molar-refractivity contribution in [1.29, 1.82) is 0 Å². The topological polar surface area (TPSA) is 89.3 Å². The molecule has 0 atom stereocenters. The van der Waals surface area contributed by atoms with E-state index in [1.165, 1.54) is 5.32 Å². The predicted molar refractivity (Wildman–Crippen MR) is 56.2 cm³/mol. The van der Waals surface area contributed by atoms with Crippen molar-refractivity contribution in [3.63, 3.8) is 0 Å². The third-order valence-corrected chi connectivity index (χ3v) is 2.88. The molecule has 0 radical (unpaired) electrons. The van der Waals surface area contributed by atoms with E-state index in [4.69, 9.17) is 5.14 Å². The van der Waals surface area contributed by atoms with Crippen LogP contribution in [0.4, 0.5) is 17.6 Å². The van der Waals surface area contributed by atoms with Gasteiger partial charge >= 0.3 is 6.18 Å². The molecular weight excluding hydrogens is 292 g/mol. The van der Waals surface area contributed by atoms with Gasteiger partial charge in [0.05, 0.1) is 0 Å². The van der Waals surface area contributed by atoms with Gasteiger partial charge in [-0.3, -0.25) is 4.79 Å². The number of hydrogen-bond donors (Lipinski definition) is 2. The molecule has 0 heterocycles. The number of amides is 1. The first-order valence-electron chi connectivity index (χ1n) is 4.68. The third-order valence-electron chi connectivity index (χ3n) is 1.95. The van der Waals surface area contributed by atoms with E-state index < -0.39 is 44.9 Å². The van der Waals surface area contributed by atoms with E-state index in [1.807, 2.05) is 0 Å². The lowest BCUT2D eigenvalue weighted by atomic mass is 10.2. The molecule has 0 unspecified atom stereocenters. The van der Waals surface area contributed by atoms with Gasteiger partial charge in [0.15, 0.2) is 0 Å². The molecule has 106 valence electrons. The summed E-state index contributed by atoms with van der Waals surface area (Å²) in [7, 11) is -4.41. The summed E-state index contributed by atoms with van der Waals surface area (Å²) in [5, 5.41) is 6.21. The number of benzene rings is 1. The molecule has 0 saturated heterocycles. The highest BCUT2D eigenvalue weighted by molar-refractivity contribution is 7.89. The van der Waals surface area contributed by atoms with Crippen molar-refractivity contribution in [3.05, 3.63) is 29.6 Å². The standard InChI is InChI=1S/C9H8F4N2O3S/c10-6-2-1-5(3-7(6)19(14,17)18)8(16)15-4-9(11,12)13/h1-3H,4H2,(H,15,16)(H2,14,17,18). The quantitative estimate of drug-likeness (QED) is 0.808. The molecular formula is C9H8F4N2O3S. The second-order valence-electron chi connectivity index (χ2n) is 3.49. The Morgan fingerprint density at radius 2 is 1.89 bits per heavy atom. The van der Waals surface area contributed by atoms with Gasteiger partial charge in [0.25, 0.3) is 5.91 Å². The molecule has 1 aromatic carbocycles. The molecule has 1 aromatic rings. The molecule has 0 saturated carbocycles. The van der Waals surface area contributed by atoms with Crippen molar-refractivity contribution in [1.82, 2.24) is 5.32 Å². The number of carbonyl (C=O) groups is 1. The summed E-state index contributed by atoms with van der Waals surface area (Å²) >= 11 is 0. The lowest BCUT2D eigenvalue weighted by Gasteiger charge is -2.09. The zero-order valence-electron chi connectivity index (χ0n) is 9.16. The molecule has 0 aliphatic carbocycles. The van der Waals surface area contributed by atoms with Gasteiger partial charge in [-0.2, -0.15) is 13.2 Å². The van der Waals surface area contributed by atoms with Crippen LogP contribution in [0.25, 0.3) is 0 Å². The molecule has 0 aliphatic rings. The minimum absolute atomic E-state index is 0.449. The number of halogens is 4. The maximum Gasteiger partial charge on any atom is 0.405 e. The summed E-state index contributed by atoms with van der Waals surface area (Å²) in [6.07, 6.45) is -4.61. The van der Waals surface area contributed by atoms with Crippen molar-refractivity contribution < 1.29 is 30.8 Å². The monoisotopic (exact) mass is 300 g/mol. The number of nitrogens with one attached hydrogen (secondary N) is 1. The number of carbonyl (C=O) groups excluding carboxylic acids is 1. The molecule has 10 heteroatoms. The van der Waals surface area contributed by atoms with Crippen LogP contribution in [0, 0.1) is 5.82 Å². The molecule has 1 rings (SSSR count). The van der Waals surface area contributed by atoms with Crippen molar-refractivity contribution >= 4 is 15.9 Å². The van der Waals surface area contributed by atoms with Gasteiger partial charge in [-0.25, -0.2) is 17.9 Å². The van der Waals surface area contributed by atoms with Gasteiger partial charge in [-0.05, 0) is 18.2 Å². The van der Waals surface area contributed by atoms with E-state index in [-0.39, 0.29) is 0 Å². The van der Waals surface area contributed by atoms with Crippen molar-refractivity contribution in [2.45, 2.75) is 11.1 Å². The van der Waals surface area contributed by atoms with E-state index in [2.05, 4.69) is 0 Å². The minimum Gasteiger partial charge on any atom is -0.343 e. The van der Waals surface area contributed by atoms with E-state index in [0.717, 1.165) is 6.07 Å². The van der Waals surface area contributed by atoms with Crippen molar-refractivity contribution in [2.75, 3.05) is 6.54 Å². The maximum absolute atomic E-state index is 13.1. The van der Waals surface area contributed by atoms with Gasteiger partial charge in [0.1, 0.15) is 17.3 Å². The van der Waals surface area contributed by atoms with Gasteiger partial charge in [0.2, 0.25) is 10.0 Å². The molecule has 1 amide bonds. The average Bonchev–Trinajstić information content (AvgIpc) is 2.24. The number of primary sulfonamides is 1. The molecule has 0 spiro atoms. The van der Waals surface area contributed by atoms with Gasteiger partial charge < -0.3 is 5.32 Å². The smallest absolute Gasteiger partial charge is 0.343 e. The Balaban J connectivity index is 3.00. The zero-order chi connectivity index (χ0) is 14.8. The first-order valence-corrected chi connectivity index (χ1v) is 6.22. The van der Waals surface area contributed by atoms with Crippen molar-refractivity contribution in [3.8, 4) is 0 Å². The summed E-state index contributed by atoms with van der Waals surface area (Å²) in [6, 6.07) is 2.04. The largest absolute Gasteiger partial charge is 0.405 e. The van der Waals surface area contributed by atoms with Crippen LogP contribution >= 0.6 is 0 Å². The zero-order valence-corrected chi connectivity index (χ0v) is 9.98. The Kier molecular flexibility index (Phi) is 4.15. The fourth-order valence-electron chi connectivity index (χ4n) is 1.15. The predicted octanol–water partition coefficient (Wildman–Crippen LogP) is 0.765. The highest BCUT2D eigenvalue weighted by atomic mass is 32.2. The second kappa shape index (κ2) is 5.13. The van der Waals surface area contributed by atoms with Gasteiger partial charge in [-0.1, -0.05) is 0 Å². The molecule has 5 nitrogen and oxygen atoms in total. The summed E-state index contributed by atoms with van der Waals surface area (Å²) in [6.45, 7) is -1.59. The van der Waals surface area contributed by atoms with Crippen LogP contribution in [0.5, 0.6) is 0 Å². The number of sulfonamides is 1. The lowest BCUT2D eigenvalue weighted by Crippen LogP contribution is -2.33. The maximum atomic E-state index is 13.1. The summed E-state index contributed by atoms with van der Waals surface area (Å²) in [5.41, 5.74) is -0.449. The minimum atomic E-state index is -4.61. The molecule has 0 bridgehead atoms. The molecule has 0 aliphatic heterocycles. The number of hydrogen-bond acceptors (Lipinski definition) is 3. The normalized spacial score (nSPS) is 12.3. The Morgan fingerprint density at radius 1 is 1.32 bits per heavy atom. The van der Waals surface area contributed by atoms with E-state index in [0.29, 0.717) is 12.1 Å². The van der Waals surface area contributed by atoms with Crippen LogP contribution < -0.4 is 10.5 Å². The Labute approximate surface area is 105 Å². The van der Waals surface area contributed by atoms with Crippen LogP contribution in [0.1, 0.15) is 10.4 Å². The SMILES string of the molecule is NS(=O)(=O)c1cc(C(=O)NCC(F)(F)F)ccc1F. The summed E-state index contributed by atoms with van der Waals surface area (Å²) < 4.78 is 70.7.